The molecular formula is C24H20O4. The van der Waals surface area contributed by atoms with Gasteiger partial charge in [-0.25, -0.2) is 4.79 Å². The molecule has 0 saturated carbocycles. The monoisotopic (exact) mass is 372 g/mol. The molecule has 0 saturated heterocycles. The molecule has 0 N–H and O–H groups in total. The van der Waals surface area contributed by atoms with Crippen LogP contribution in [-0.4, -0.2) is 18.9 Å². The molecule has 0 aromatic heterocycles. The molecule has 0 fully saturated rings. The summed E-state index contributed by atoms with van der Waals surface area (Å²) >= 11 is 0. The van der Waals surface area contributed by atoms with E-state index < -0.39 is 5.97 Å². The fourth-order valence-corrected chi connectivity index (χ4v) is 2.64. The van der Waals surface area contributed by atoms with Gasteiger partial charge in [0.1, 0.15) is 17.1 Å². The third-order valence-corrected chi connectivity index (χ3v) is 4.16. The van der Waals surface area contributed by atoms with Crippen LogP contribution in [0.1, 0.15) is 31.8 Å². The van der Waals surface area contributed by atoms with E-state index >= 15 is 0 Å². The number of benzene rings is 3. The Balaban J connectivity index is 1.72. The Kier molecular flexibility index (Phi) is 6.02. The summed E-state index contributed by atoms with van der Waals surface area (Å²) in [6, 6.07) is 21.3. The van der Waals surface area contributed by atoms with Gasteiger partial charge in [-0.1, -0.05) is 60.2 Å². The van der Waals surface area contributed by atoms with Crippen LogP contribution in [0.15, 0.2) is 78.9 Å². The van der Waals surface area contributed by atoms with Crippen molar-refractivity contribution in [3.63, 3.8) is 0 Å². The number of ether oxygens (including phenoxy) is 2. The number of carbonyl (C=O) groups excluding carboxylic acids is 2. The standard InChI is InChI=1S/C24H20O4/c1-17-10-13-19(14-11-17)22(25)15-12-18-6-5-7-20(16-18)28-24(26)21-8-3-4-9-23(21)27-2/h3-16H,1-2H3/b15-12+. The summed E-state index contributed by atoms with van der Waals surface area (Å²) in [6.07, 6.45) is 3.20. The first-order valence-corrected chi connectivity index (χ1v) is 8.81. The van der Waals surface area contributed by atoms with Gasteiger partial charge in [-0.3, -0.25) is 4.79 Å². The topological polar surface area (TPSA) is 52.6 Å². The van der Waals surface area contributed by atoms with E-state index in [9.17, 15) is 9.59 Å². The van der Waals surface area contributed by atoms with Gasteiger partial charge in [0.2, 0.25) is 0 Å². The Labute approximate surface area is 164 Å². The van der Waals surface area contributed by atoms with Gasteiger partial charge in [0.15, 0.2) is 5.78 Å². The Bertz CT molecular complexity index is 1020. The highest BCUT2D eigenvalue weighted by Gasteiger charge is 2.14. The van der Waals surface area contributed by atoms with Gasteiger partial charge in [0.25, 0.3) is 0 Å². The molecule has 0 aliphatic carbocycles. The van der Waals surface area contributed by atoms with Crippen molar-refractivity contribution in [2.75, 3.05) is 7.11 Å². The first kappa shape index (κ1) is 19.1. The molecule has 3 rings (SSSR count). The quantitative estimate of drug-likeness (QED) is 0.261. The second kappa shape index (κ2) is 8.82. The third kappa shape index (κ3) is 4.74. The number of ketones is 1. The zero-order valence-electron chi connectivity index (χ0n) is 15.7. The van der Waals surface area contributed by atoms with Crippen LogP contribution in [0, 0.1) is 6.92 Å². The lowest BCUT2D eigenvalue weighted by atomic mass is 10.1. The Morgan fingerprint density at radius 1 is 0.893 bits per heavy atom. The molecular weight excluding hydrogens is 352 g/mol. The molecule has 0 bridgehead atoms. The fraction of sp³-hybridized carbons (Fsp3) is 0.0833. The maximum absolute atomic E-state index is 12.4. The van der Waals surface area contributed by atoms with Crippen LogP contribution in [0.25, 0.3) is 6.08 Å². The van der Waals surface area contributed by atoms with Gasteiger partial charge < -0.3 is 9.47 Å². The van der Waals surface area contributed by atoms with Crippen molar-refractivity contribution in [3.05, 3.63) is 101 Å². The largest absolute Gasteiger partial charge is 0.496 e. The SMILES string of the molecule is COc1ccccc1C(=O)Oc1cccc(/C=C/C(=O)c2ccc(C)cc2)c1. The van der Waals surface area contributed by atoms with E-state index in [1.807, 2.05) is 25.1 Å². The molecule has 0 heterocycles. The van der Waals surface area contributed by atoms with Crippen LogP contribution in [-0.2, 0) is 0 Å². The number of para-hydroxylation sites is 1. The maximum Gasteiger partial charge on any atom is 0.347 e. The summed E-state index contributed by atoms with van der Waals surface area (Å²) in [7, 11) is 1.50. The molecule has 0 unspecified atom stereocenters. The summed E-state index contributed by atoms with van der Waals surface area (Å²) in [5, 5.41) is 0. The Hall–Kier alpha value is -3.66. The zero-order valence-corrected chi connectivity index (χ0v) is 15.7. The summed E-state index contributed by atoms with van der Waals surface area (Å²) < 4.78 is 10.6. The van der Waals surface area contributed by atoms with Crippen molar-refractivity contribution in [1.82, 2.24) is 0 Å². The maximum atomic E-state index is 12.4. The van der Waals surface area contributed by atoms with E-state index in [4.69, 9.17) is 9.47 Å². The van der Waals surface area contributed by atoms with Gasteiger partial charge in [-0.2, -0.15) is 0 Å². The normalized spacial score (nSPS) is 10.6. The predicted octanol–water partition coefficient (Wildman–Crippen LogP) is 5.12. The summed E-state index contributed by atoms with van der Waals surface area (Å²) in [4.78, 5) is 24.7. The lowest BCUT2D eigenvalue weighted by molar-refractivity contribution is 0.0731. The van der Waals surface area contributed by atoms with Gasteiger partial charge in [0, 0.05) is 5.56 Å². The summed E-state index contributed by atoms with van der Waals surface area (Å²) in [5.74, 6) is 0.249. The van der Waals surface area contributed by atoms with Crippen LogP contribution in [0.5, 0.6) is 11.5 Å². The van der Waals surface area contributed by atoms with Crippen molar-refractivity contribution >= 4 is 17.8 Å². The molecule has 0 amide bonds. The van der Waals surface area contributed by atoms with Gasteiger partial charge in [-0.15, -0.1) is 0 Å². The molecule has 0 aliphatic rings. The molecule has 28 heavy (non-hydrogen) atoms. The van der Waals surface area contributed by atoms with Crippen LogP contribution in [0.2, 0.25) is 0 Å². The van der Waals surface area contributed by atoms with Crippen LogP contribution in [0.3, 0.4) is 0 Å². The van der Waals surface area contributed by atoms with E-state index in [0.717, 1.165) is 11.1 Å². The number of carbonyl (C=O) groups is 2. The Morgan fingerprint density at radius 3 is 2.39 bits per heavy atom. The molecule has 140 valence electrons. The molecule has 0 aliphatic heterocycles. The average molecular weight is 372 g/mol. The second-order valence-corrected chi connectivity index (χ2v) is 6.23. The van der Waals surface area contributed by atoms with E-state index in [1.54, 1.807) is 60.7 Å². The van der Waals surface area contributed by atoms with Gasteiger partial charge in [-0.05, 0) is 42.8 Å². The van der Waals surface area contributed by atoms with Gasteiger partial charge in [0.05, 0.1) is 7.11 Å². The minimum absolute atomic E-state index is 0.0866. The molecule has 3 aromatic rings. The lowest BCUT2D eigenvalue weighted by Crippen LogP contribution is -2.10. The number of aryl methyl sites for hydroxylation is 1. The number of allylic oxidation sites excluding steroid dienone is 1. The van der Waals surface area contributed by atoms with Crippen LogP contribution >= 0.6 is 0 Å². The van der Waals surface area contributed by atoms with Crippen molar-refractivity contribution < 1.29 is 19.1 Å². The van der Waals surface area contributed by atoms with Crippen LogP contribution < -0.4 is 9.47 Å². The molecule has 0 spiro atoms. The van der Waals surface area contributed by atoms with Crippen molar-refractivity contribution in [2.24, 2.45) is 0 Å². The molecule has 3 aromatic carbocycles. The minimum atomic E-state index is -0.505. The van der Waals surface area contributed by atoms with E-state index in [-0.39, 0.29) is 5.78 Å². The second-order valence-electron chi connectivity index (χ2n) is 6.23. The number of hydrogen-bond acceptors (Lipinski definition) is 4. The predicted molar refractivity (Wildman–Crippen MR) is 109 cm³/mol. The molecule has 0 radical (unpaired) electrons. The molecule has 0 atom stereocenters. The number of esters is 1. The molecule has 4 heteroatoms. The van der Waals surface area contributed by atoms with E-state index in [1.165, 1.54) is 13.2 Å². The Morgan fingerprint density at radius 2 is 1.64 bits per heavy atom. The van der Waals surface area contributed by atoms with Crippen molar-refractivity contribution in [2.45, 2.75) is 6.92 Å². The third-order valence-electron chi connectivity index (χ3n) is 4.16. The summed E-state index contributed by atoms with van der Waals surface area (Å²) in [5.41, 5.74) is 2.83. The first-order chi connectivity index (χ1) is 13.6. The van der Waals surface area contributed by atoms with Crippen LogP contribution in [0.4, 0.5) is 0 Å². The number of methoxy groups -OCH3 is 1. The minimum Gasteiger partial charge on any atom is -0.496 e. The van der Waals surface area contributed by atoms with Crippen molar-refractivity contribution in [1.29, 1.82) is 0 Å². The highest BCUT2D eigenvalue weighted by atomic mass is 16.5. The molecule has 4 nitrogen and oxygen atoms in total. The lowest BCUT2D eigenvalue weighted by Gasteiger charge is -2.08. The highest BCUT2D eigenvalue weighted by molar-refractivity contribution is 6.06. The zero-order chi connectivity index (χ0) is 19.9. The smallest absolute Gasteiger partial charge is 0.347 e. The van der Waals surface area contributed by atoms with Gasteiger partial charge >= 0.3 is 5.97 Å². The average Bonchev–Trinajstić information content (AvgIpc) is 2.72. The number of rotatable bonds is 6. The number of hydrogen-bond donors (Lipinski definition) is 0. The van der Waals surface area contributed by atoms with E-state index in [2.05, 4.69) is 0 Å². The first-order valence-electron chi connectivity index (χ1n) is 8.81. The van der Waals surface area contributed by atoms with E-state index in [0.29, 0.717) is 22.6 Å². The summed E-state index contributed by atoms with van der Waals surface area (Å²) in [6.45, 7) is 1.97. The van der Waals surface area contributed by atoms with Crippen molar-refractivity contribution in [3.8, 4) is 11.5 Å². The highest BCUT2D eigenvalue weighted by Crippen LogP contribution is 2.21. The fourth-order valence-electron chi connectivity index (χ4n) is 2.64.